The van der Waals surface area contributed by atoms with E-state index in [0.29, 0.717) is 54.3 Å². The van der Waals surface area contributed by atoms with E-state index in [2.05, 4.69) is 67.4 Å². The molecule has 5 aromatic rings. The van der Waals surface area contributed by atoms with Crippen LogP contribution < -0.4 is 25.1 Å². The standard InChI is InChI=1S/C49H58ClF3N6O7P2S/c1-33(2)59-34(3)45(48(60)61)46(47(59)36-8-10-38(50)11-9-36)37-6-4-7-41(30-37)57-26-24-56(25-27-57)39-12-14-40(15-13-39)58-28-29-65-67(58)42-16-17-43(44(31-42)69(64)49(51,52)53)54-20-5-21-55-22-18-35(19-23-55)32-66-68(62)63/h4,6-17,30-31,33,35,54,62-63H,5,18-29,32H2,1-3H3,(H,60,61). The number of piperazine rings is 1. The minimum absolute atomic E-state index is 0.00863. The molecule has 4 N–H and O–H groups in total. The molecule has 0 spiro atoms. The number of hydrogen-bond acceptors (Lipinski definition) is 11. The number of likely N-dealkylation sites (tertiary alicyclic amines) is 1. The number of benzene rings is 4. The number of aromatic nitrogens is 1. The predicted molar refractivity (Wildman–Crippen MR) is 272 cm³/mol. The highest BCUT2D eigenvalue weighted by Crippen LogP contribution is 2.49. The van der Waals surface area contributed by atoms with E-state index < -0.39 is 39.2 Å². The molecule has 2 atom stereocenters. The number of carboxylic acid groups (broad SMARTS) is 1. The molecule has 13 nitrogen and oxygen atoms in total. The first-order valence-corrected chi connectivity index (χ1v) is 27.0. The minimum atomic E-state index is -4.94. The lowest BCUT2D eigenvalue weighted by atomic mass is 9.96. The molecule has 8 rings (SSSR count). The SMILES string of the molecule is Cc1c(C(=O)O)c(-c2cccc(N3CCN(c4ccc(N5CCOP5c5ccc(NCCCN6CCC(COP(O)O)CC6)c(S(=O)C(F)(F)F)c5)cc4)CC3)c2)c(-c2ccc(Cl)cc2)n1C(C)C. The van der Waals surface area contributed by atoms with Crippen LogP contribution in [0.3, 0.4) is 0 Å². The molecule has 3 aliphatic heterocycles. The number of rotatable bonds is 17. The Balaban J connectivity index is 0.914. The Hall–Kier alpha value is -4.28. The zero-order chi connectivity index (χ0) is 49.0. The van der Waals surface area contributed by atoms with E-state index in [-0.39, 0.29) is 28.1 Å². The molecule has 0 radical (unpaired) electrons. The molecule has 3 aliphatic rings. The Morgan fingerprint density at radius 1 is 0.899 bits per heavy atom. The number of alkyl halides is 3. The van der Waals surface area contributed by atoms with Crippen LogP contribution in [-0.2, 0) is 19.8 Å². The normalized spacial score (nSPS) is 17.9. The maximum absolute atomic E-state index is 14.0. The molecule has 0 aliphatic carbocycles. The highest BCUT2D eigenvalue weighted by Gasteiger charge is 2.40. The van der Waals surface area contributed by atoms with Crippen molar-refractivity contribution in [2.75, 3.05) is 91.9 Å². The van der Waals surface area contributed by atoms with E-state index in [1.54, 1.807) is 12.1 Å². The zero-order valence-electron chi connectivity index (χ0n) is 38.7. The van der Waals surface area contributed by atoms with E-state index in [9.17, 15) is 27.3 Å². The molecule has 0 amide bonds. The first kappa shape index (κ1) is 51.1. The fourth-order valence-corrected chi connectivity index (χ4v) is 12.9. The molecule has 0 saturated carbocycles. The Bertz CT molecular complexity index is 2590. The Morgan fingerprint density at radius 2 is 1.57 bits per heavy atom. The van der Waals surface area contributed by atoms with Gasteiger partial charge in [0.15, 0.2) is 19.1 Å². The predicted octanol–water partition coefficient (Wildman–Crippen LogP) is 10.2. The van der Waals surface area contributed by atoms with Gasteiger partial charge in [0.2, 0.25) is 0 Å². The van der Waals surface area contributed by atoms with Crippen molar-refractivity contribution in [3.63, 3.8) is 0 Å². The van der Waals surface area contributed by atoms with Crippen molar-refractivity contribution >= 4 is 73.3 Å². The molecule has 2 unspecified atom stereocenters. The third kappa shape index (κ3) is 11.9. The van der Waals surface area contributed by atoms with E-state index >= 15 is 0 Å². The number of nitrogens with one attached hydrogen (secondary N) is 1. The van der Waals surface area contributed by atoms with Crippen LogP contribution in [0.1, 0.15) is 55.2 Å². The smallest absolute Gasteiger partial charge is 0.475 e. The van der Waals surface area contributed by atoms with Crippen LogP contribution in [0.4, 0.5) is 35.9 Å². The highest BCUT2D eigenvalue weighted by atomic mass is 35.5. The van der Waals surface area contributed by atoms with Gasteiger partial charge in [0.1, 0.15) is 0 Å². The third-order valence-electron chi connectivity index (χ3n) is 13.0. The van der Waals surface area contributed by atoms with Crippen molar-refractivity contribution in [2.24, 2.45) is 5.92 Å². The van der Waals surface area contributed by atoms with Gasteiger partial charge in [0, 0.05) is 84.0 Å². The molecular formula is C49H58ClF3N6O7P2S. The lowest BCUT2D eigenvalue weighted by Gasteiger charge is -2.37. The Kier molecular flexibility index (Phi) is 16.6. The first-order chi connectivity index (χ1) is 33.1. The lowest BCUT2D eigenvalue weighted by molar-refractivity contribution is -0.0384. The van der Waals surface area contributed by atoms with E-state index in [0.717, 1.165) is 92.5 Å². The summed E-state index contributed by atoms with van der Waals surface area (Å²) in [6.45, 7) is 13.0. The van der Waals surface area contributed by atoms with Gasteiger partial charge in [-0.25, -0.2) is 9.00 Å². The van der Waals surface area contributed by atoms with Gasteiger partial charge >= 0.3 is 20.1 Å². The molecule has 69 heavy (non-hydrogen) atoms. The maximum atomic E-state index is 14.0. The summed E-state index contributed by atoms with van der Waals surface area (Å²) >= 11 is 6.27. The van der Waals surface area contributed by atoms with Gasteiger partial charge in [-0.1, -0.05) is 35.9 Å². The molecule has 4 heterocycles. The van der Waals surface area contributed by atoms with Gasteiger partial charge in [-0.2, -0.15) is 13.2 Å². The lowest BCUT2D eigenvalue weighted by Crippen LogP contribution is -2.46. The van der Waals surface area contributed by atoms with Gasteiger partial charge < -0.3 is 53.2 Å². The fraction of sp³-hybridized carbons (Fsp3) is 0.408. The van der Waals surface area contributed by atoms with Gasteiger partial charge in [-0.05, 0) is 143 Å². The second-order valence-electron chi connectivity index (χ2n) is 17.7. The summed E-state index contributed by atoms with van der Waals surface area (Å²) < 4.78 is 70.3. The number of halogens is 4. The number of hydrogen-bond donors (Lipinski definition) is 4. The van der Waals surface area contributed by atoms with Crippen molar-refractivity contribution in [2.45, 2.75) is 56.5 Å². The van der Waals surface area contributed by atoms with Crippen molar-refractivity contribution < 1.29 is 46.1 Å². The summed E-state index contributed by atoms with van der Waals surface area (Å²) in [7, 11) is -7.13. The van der Waals surface area contributed by atoms with Crippen molar-refractivity contribution in [1.29, 1.82) is 0 Å². The summed E-state index contributed by atoms with van der Waals surface area (Å²) in [5, 5.41) is 14.8. The van der Waals surface area contributed by atoms with Crippen LogP contribution in [0.5, 0.6) is 0 Å². The van der Waals surface area contributed by atoms with Crippen LogP contribution in [-0.4, -0.2) is 112 Å². The van der Waals surface area contributed by atoms with Gasteiger partial charge in [-0.15, -0.1) is 0 Å². The molecule has 4 aromatic carbocycles. The number of nitrogens with zero attached hydrogens (tertiary/aromatic N) is 5. The molecule has 370 valence electrons. The molecule has 1 aromatic heterocycles. The number of carboxylic acids is 1. The van der Waals surface area contributed by atoms with Crippen LogP contribution in [0, 0.1) is 12.8 Å². The highest BCUT2D eigenvalue weighted by molar-refractivity contribution is 7.86. The summed E-state index contributed by atoms with van der Waals surface area (Å²) in [6, 6.07) is 28.5. The summed E-state index contributed by atoms with van der Waals surface area (Å²) in [4.78, 5) is 37.5. The summed E-state index contributed by atoms with van der Waals surface area (Å²) in [5.74, 6) is -0.724. The second kappa shape index (κ2) is 22.4. The quantitative estimate of drug-likeness (QED) is 0.0520. The van der Waals surface area contributed by atoms with Crippen LogP contribution >= 0.6 is 28.5 Å². The zero-order valence-corrected chi connectivity index (χ0v) is 42.1. The van der Waals surface area contributed by atoms with Gasteiger partial charge in [0.25, 0.3) is 0 Å². The number of carbonyl (C=O) groups is 1. The fourth-order valence-electron chi connectivity index (χ4n) is 9.65. The van der Waals surface area contributed by atoms with Crippen molar-refractivity contribution in [1.82, 2.24) is 9.47 Å². The second-order valence-corrected chi connectivity index (χ2v) is 22.2. The molecule has 0 bridgehead atoms. The van der Waals surface area contributed by atoms with Crippen LogP contribution in [0.15, 0.2) is 95.9 Å². The average Bonchev–Trinajstić information content (AvgIpc) is 3.96. The topological polar surface area (TPSA) is 143 Å². The van der Waals surface area contributed by atoms with Crippen LogP contribution in [0.25, 0.3) is 22.4 Å². The van der Waals surface area contributed by atoms with Crippen LogP contribution in [0.2, 0.25) is 5.02 Å². The third-order valence-corrected chi connectivity index (χ3v) is 16.8. The molecule has 3 fully saturated rings. The van der Waals surface area contributed by atoms with Crippen molar-refractivity contribution in [3.8, 4) is 22.4 Å². The summed E-state index contributed by atoms with van der Waals surface area (Å²) in [6.07, 6.45) is 2.39. The number of piperidine rings is 1. The molecule has 20 heteroatoms. The summed E-state index contributed by atoms with van der Waals surface area (Å²) in [5.41, 5.74) is 2.35. The molecule has 3 saturated heterocycles. The number of anilines is 4. The number of aromatic carboxylic acids is 1. The van der Waals surface area contributed by atoms with E-state index in [1.165, 1.54) is 6.07 Å². The van der Waals surface area contributed by atoms with Gasteiger partial charge in [-0.3, -0.25) is 0 Å². The first-order valence-electron chi connectivity index (χ1n) is 23.1. The minimum Gasteiger partial charge on any atom is -0.478 e. The Morgan fingerprint density at radius 3 is 2.20 bits per heavy atom. The van der Waals surface area contributed by atoms with Gasteiger partial charge in [0.05, 0.1) is 35.1 Å². The van der Waals surface area contributed by atoms with E-state index in [4.69, 9.17) is 30.4 Å². The van der Waals surface area contributed by atoms with Crippen molar-refractivity contribution in [3.05, 3.63) is 107 Å². The molecular weight excluding hydrogens is 971 g/mol. The largest absolute Gasteiger partial charge is 0.478 e. The monoisotopic (exact) mass is 1030 g/mol. The average molecular weight is 1030 g/mol. The van der Waals surface area contributed by atoms with E-state index in [1.807, 2.05) is 55.5 Å². The Labute approximate surface area is 411 Å². The maximum Gasteiger partial charge on any atom is 0.475 e.